The number of nitrogens with zero attached hydrogens (tertiary/aromatic N) is 2. The van der Waals surface area contributed by atoms with Crippen molar-refractivity contribution in [1.29, 1.82) is 0 Å². The van der Waals surface area contributed by atoms with Crippen molar-refractivity contribution >= 4 is 34.1 Å². The zero-order valence-electron chi connectivity index (χ0n) is 20.6. The number of pyridine rings is 2. The lowest BCUT2D eigenvalue weighted by Crippen LogP contribution is -2.43. The summed E-state index contributed by atoms with van der Waals surface area (Å²) < 4.78 is 25.7. The lowest BCUT2D eigenvalue weighted by Gasteiger charge is -2.30. The number of ether oxygens (including phenoxy) is 2. The maximum atomic E-state index is 14.8. The Bertz CT molecular complexity index is 1220. The van der Waals surface area contributed by atoms with Crippen LogP contribution in [0.25, 0.3) is 10.9 Å². The number of rotatable bonds is 10. The number of amides is 1. The first kappa shape index (κ1) is 25.6. The average Bonchev–Trinajstić information content (AvgIpc) is 2.86. The quantitative estimate of drug-likeness (QED) is 0.329. The molecule has 4 rings (SSSR count). The Balaban J connectivity index is 1.54. The number of carbonyl (C=O) groups excluding carboxylic acids is 1. The van der Waals surface area contributed by atoms with Crippen molar-refractivity contribution in [3.8, 4) is 5.88 Å². The molecule has 3 unspecified atom stereocenters. The standard InChI is InChI=1S/C26H33FN6O3/c1-15(35-2)11-12-36-23-10-7-16-13-17(8-9-21(16)31-23)30-25-18(24(29)34)14-19(27)26(33-25)32-22-6-4-3-5-20(22)28/h7-10,13-15,20,22H,3-6,11-12,28H2,1-2H3,(H2,29,34)(H2,30,32,33). The van der Waals surface area contributed by atoms with Gasteiger partial charge in [0.2, 0.25) is 5.88 Å². The molecule has 1 fully saturated rings. The second-order valence-electron chi connectivity index (χ2n) is 9.14. The van der Waals surface area contributed by atoms with E-state index in [-0.39, 0.29) is 35.4 Å². The molecule has 1 saturated carbocycles. The van der Waals surface area contributed by atoms with Crippen molar-refractivity contribution < 1.29 is 18.7 Å². The van der Waals surface area contributed by atoms with Gasteiger partial charge in [0.1, 0.15) is 5.82 Å². The van der Waals surface area contributed by atoms with Crippen LogP contribution in [0.5, 0.6) is 5.88 Å². The fourth-order valence-corrected chi connectivity index (χ4v) is 4.24. The topological polar surface area (TPSA) is 137 Å². The van der Waals surface area contributed by atoms with Crippen LogP contribution in [0.2, 0.25) is 0 Å². The molecule has 0 bridgehead atoms. The Kier molecular flexibility index (Phi) is 8.17. The summed E-state index contributed by atoms with van der Waals surface area (Å²) >= 11 is 0. The van der Waals surface area contributed by atoms with Crippen LogP contribution in [0, 0.1) is 5.82 Å². The number of nitrogens with two attached hydrogens (primary N) is 2. The van der Waals surface area contributed by atoms with Crippen LogP contribution in [0.15, 0.2) is 36.4 Å². The van der Waals surface area contributed by atoms with Gasteiger partial charge < -0.3 is 31.6 Å². The number of halogens is 1. The summed E-state index contributed by atoms with van der Waals surface area (Å²) in [5.41, 5.74) is 13.1. The van der Waals surface area contributed by atoms with Gasteiger partial charge in [-0.25, -0.2) is 14.4 Å². The number of hydrogen-bond donors (Lipinski definition) is 4. The van der Waals surface area contributed by atoms with Gasteiger partial charge in [-0.3, -0.25) is 4.79 Å². The third kappa shape index (κ3) is 6.19. The molecule has 36 heavy (non-hydrogen) atoms. The van der Waals surface area contributed by atoms with E-state index < -0.39 is 11.7 Å². The van der Waals surface area contributed by atoms with E-state index in [1.54, 1.807) is 19.2 Å². The zero-order chi connectivity index (χ0) is 25.7. The van der Waals surface area contributed by atoms with Crippen LogP contribution in [-0.2, 0) is 4.74 Å². The minimum Gasteiger partial charge on any atom is -0.478 e. The summed E-state index contributed by atoms with van der Waals surface area (Å²) in [6.45, 7) is 2.48. The summed E-state index contributed by atoms with van der Waals surface area (Å²) in [5, 5.41) is 7.08. The van der Waals surface area contributed by atoms with Gasteiger partial charge in [-0.2, -0.15) is 0 Å². The molecule has 9 nitrogen and oxygen atoms in total. The lowest BCUT2D eigenvalue weighted by atomic mass is 9.91. The molecule has 6 N–H and O–H groups in total. The smallest absolute Gasteiger partial charge is 0.252 e. The van der Waals surface area contributed by atoms with E-state index >= 15 is 0 Å². The molecule has 2 heterocycles. The van der Waals surface area contributed by atoms with Crippen molar-refractivity contribution in [2.45, 2.75) is 57.2 Å². The largest absolute Gasteiger partial charge is 0.478 e. The molecule has 0 aliphatic heterocycles. The molecule has 10 heteroatoms. The van der Waals surface area contributed by atoms with Gasteiger partial charge in [0.05, 0.1) is 23.8 Å². The minimum atomic E-state index is -0.781. The molecule has 1 aromatic carbocycles. The number of aromatic nitrogens is 2. The number of methoxy groups -OCH3 is 1. The highest BCUT2D eigenvalue weighted by Gasteiger charge is 2.24. The normalized spacial score (nSPS) is 18.6. The van der Waals surface area contributed by atoms with Crippen molar-refractivity contribution in [1.82, 2.24) is 9.97 Å². The predicted molar refractivity (Wildman–Crippen MR) is 138 cm³/mol. The molecule has 0 spiro atoms. The molecule has 1 aliphatic rings. The number of hydrogen-bond acceptors (Lipinski definition) is 8. The van der Waals surface area contributed by atoms with E-state index in [4.69, 9.17) is 20.9 Å². The first-order valence-corrected chi connectivity index (χ1v) is 12.2. The first-order chi connectivity index (χ1) is 17.3. The molecule has 192 valence electrons. The molecule has 2 aromatic heterocycles. The van der Waals surface area contributed by atoms with Crippen LogP contribution < -0.4 is 26.8 Å². The molecule has 0 radical (unpaired) electrons. The fraction of sp³-hybridized carbons (Fsp3) is 0.423. The summed E-state index contributed by atoms with van der Waals surface area (Å²) in [5.74, 6) is -0.703. The van der Waals surface area contributed by atoms with Gasteiger partial charge in [-0.1, -0.05) is 12.8 Å². The number of fused-ring (bicyclic) bond motifs is 1. The highest BCUT2D eigenvalue weighted by atomic mass is 19.1. The SMILES string of the molecule is COC(C)CCOc1ccc2cc(Nc3nc(NC4CCCCC4N)c(F)cc3C(N)=O)ccc2n1. The summed E-state index contributed by atoms with van der Waals surface area (Å²) in [7, 11) is 1.67. The summed E-state index contributed by atoms with van der Waals surface area (Å²) in [6, 6.07) is 10.1. The van der Waals surface area contributed by atoms with Crippen LogP contribution in [0.4, 0.5) is 21.7 Å². The zero-order valence-corrected chi connectivity index (χ0v) is 20.6. The van der Waals surface area contributed by atoms with Crippen molar-refractivity contribution in [3.05, 3.63) is 47.8 Å². The Morgan fingerprint density at radius 1 is 1.17 bits per heavy atom. The molecule has 3 atom stereocenters. The van der Waals surface area contributed by atoms with Gasteiger partial charge in [0.25, 0.3) is 5.91 Å². The van der Waals surface area contributed by atoms with E-state index in [0.717, 1.165) is 49.1 Å². The Labute approximate surface area is 209 Å². The number of anilines is 3. The Hall–Kier alpha value is -3.50. The van der Waals surface area contributed by atoms with E-state index in [0.29, 0.717) is 18.2 Å². The third-order valence-electron chi connectivity index (χ3n) is 6.49. The first-order valence-electron chi connectivity index (χ1n) is 12.2. The highest BCUT2D eigenvalue weighted by molar-refractivity contribution is 5.99. The molecular formula is C26H33FN6O3. The predicted octanol–water partition coefficient (Wildman–Crippen LogP) is 4.10. The molecule has 3 aromatic rings. The second kappa shape index (κ2) is 11.5. The monoisotopic (exact) mass is 496 g/mol. The van der Waals surface area contributed by atoms with Crippen LogP contribution in [0.3, 0.4) is 0 Å². The highest BCUT2D eigenvalue weighted by Crippen LogP contribution is 2.28. The molecular weight excluding hydrogens is 463 g/mol. The van der Waals surface area contributed by atoms with Crippen molar-refractivity contribution in [2.24, 2.45) is 11.5 Å². The third-order valence-corrected chi connectivity index (χ3v) is 6.49. The summed E-state index contributed by atoms with van der Waals surface area (Å²) in [6.07, 6.45) is 4.64. The van der Waals surface area contributed by atoms with Crippen LogP contribution in [-0.4, -0.2) is 47.8 Å². The molecule has 1 aliphatic carbocycles. The van der Waals surface area contributed by atoms with Gasteiger partial charge in [-0.05, 0) is 50.1 Å². The van der Waals surface area contributed by atoms with Gasteiger partial charge in [0, 0.05) is 42.8 Å². The number of nitrogens with one attached hydrogen (secondary N) is 2. The average molecular weight is 497 g/mol. The molecule has 0 saturated heterocycles. The van der Waals surface area contributed by atoms with E-state index in [2.05, 4.69) is 20.6 Å². The van der Waals surface area contributed by atoms with Gasteiger partial charge in [-0.15, -0.1) is 0 Å². The van der Waals surface area contributed by atoms with Crippen LogP contribution in [0.1, 0.15) is 49.4 Å². The Morgan fingerprint density at radius 3 is 2.72 bits per heavy atom. The van der Waals surface area contributed by atoms with E-state index in [1.807, 2.05) is 25.1 Å². The Morgan fingerprint density at radius 2 is 1.97 bits per heavy atom. The molecule has 1 amide bonds. The maximum Gasteiger partial charge on any atom is 0.252 e. The van der Waals surface area contributed by atoms with Gasteiger partial charge >= 0.3 is 0 Å². The number of carbonyl (C=O) groups is 1. The van der Waals surface area contributed by atoms with Crippen LogP contribution >= 0.6 is 0 Å². The minimum absolute atomic E-state index is 0.0388. The fourth-order valence-electron chi connectivity index (χ4n) is 4.24. The van der Waals surface area contributed by atoms with Gasteiger partial charge in [0.15, 0.2) is 11.6 Å². The van der Waals surface area contributed by atoms with E-state index in [9.17, 15) is 9.18 Å². The maximum absolute atomic E-state index is 14.8. The number of primary amides is 1. The summed E-state index contributed by atoms with van der Waals surface area (Å²) in [4.78, 5) is 20.9. The second-order valence-corrected chi connectivity index (χ2v) is 9.14. The number of benzene rings is 1. The van der Waals surface area contributed by atoms with Crippen molar-refractivity contribution in [3.63, 3.8) is 0 Å². The lowest BCUT2D eigenvalue weighted by molar-refractivity contribution is 0.0948. The van der Waals surface area contributed by atoms with E-state index in [1.165, 1.54) is 0 Å². The van der Waals surface area contributed by atoms with Crippen molar-refractivity contribution in [2.75, 3.05) is 24.4 Å².